The summed E-state index contributed by atoms with van der Waals surface area (Å²) in [6.07, 6.45) is 3.90. The Labute approximate surface area is 181 Å². The molecule has 154 valence electrons. The standard InChI is InChI=1S/C27H30O2Si/c1-27(2,3)30(23-12-6-4-7-13-23,24-14-8-5-9-15-24)29-26-16-10-11-22-19-21(20-28)17-18-25(22)26/h4-16,19,28H,17-18,20H2,1-3H3. The van der Waals surface area contributed by atoms with Crippen LogP contribution in [-0.2, 0) is 6.42 Å². The van der Waals surface area contributed by atoms with Gasteiger partial charge >= 0.3 is 8.32 Å². The van der Waals surface area contributed by atoms with E-state index in [-0.39, 0.29) is 11.6 Å². The van der Waals surface area contributed by atoms with Crippen LogP contribution in [0, 0.1) is 0 Å². The molecular weight excluding hydrogens is 384 g/mol. The molecular formula is C27H30O2Si. The number of aliphatic hydroxyl groups excluding tert-OH is 1. The van der Waals surface area contributed by atoms with Crippen LogP contribution in [-0.4, -0.2) is 20.0 Å². The Kier molecular flexibility index (Phi) is 5.68. The van der Waals surface area contributed by atoms with Crippen molar-refractivity contribution in [3.05, 3.63) is 95.6 Å². The molecule has 4 rings (SSSR count). The maximum atomic E-state index is 9.58. The molecule has 0 aromatic heterocycles. The third-order valence-corrected chi connectivity index (χ3v) is 11.0. The average Bonchev–Trinajstić information content (AvgIpc) is 2.77. The number of rotatable bonds is 5. The fraction of sp³-hybridized carbons (Fsp3) is 0.259. The minimum Gasteiger partial charge on any atom is -0.534 e. The molecule has 0 spiro atoms. The van der Waals surface area contributed by atoms with Crippen LogP contribution in [0.3, 0.4) is 0 Å². The van der Waals surface area contributed by atoms with Gasteiger partial charge in [0.2, 0.25) is 0 Å². The summed E-state index contributed by atoms with van der Waals surface area (Å²) in [7, 11) is -2.64. The zero-order chi connectivity index (χ0) is 21.2. The van der Waals surface area contributed by atoms with Crippen molar-refractivity contribution in [1.82, 2.24) is 0 Å². The summed E-state index contributed by atoms with van der Waals surface area (Å²) in [4.78, 5) is 0. The molecule has 0 saturated carbocycles. The molecule has 0 heterocycles. The lowest BCUT2D eigenvalue weighted by Crippen LogP contribution is -2.68. The van der Waals surface area contributed by atoms with E-state index in [1.165, 1.54) is 21.5 Å². The molecule has 0 bridgehead atoms. The van der Waals surface area contributed by atoms with Gasteiger partial charge in [0.25, 0.3) is 0 Å². The second kappa shape index (κ2) is 8.25. The van der Waals surface area contributed by atoms with Crippen molar-refractivity contribution in [3.8, 4) is 5.75 Å². The van der Waals surface area contributed by atoms with Crippen LogP contribution >= 0.6 is 0 Å². The molecule has 0 saturated heterocycles. The predicted octanol–water partition coefficient (Wildman–Crippen LogP) is 4.95. The summed E-state index contributed by atoms with van der Waals surface area (Å²) < 4.78 is 7.25. The normalized spacial score (nSPS) is 14.1. The lowest BCUT2D eigenvalue weighted by Gasteiger charge is -2.43. The van der Waals surface area contributed by atoms with Gasteiger partial charge in [0.15, 0.2) is 0 Å². The van der Waals surface area contributed by atoms with Crippen LogP contribution in [0.5, 0.6) is 5.75 Å². The van der Waals surface area contributed by atoms with Crippen molar-refractivity contribution < 1.29 is 9.53 Å². The number of aliphatic hydroxyl groups is 1. The highest BCUT2D eigenvalue weighted by molar-refractivity contribution is 7.00. The number of hydrogen-bond donors (Lipinski definition) is 1. The van der Waals surface area contributed by atoms with Gasteiger partial charge in [-0.25, -0.2) is 0 Å². The van der Waals surface area contributed by atoms with Gasteiger partial charge < -0.3 is 9.53 Å². The maximum absolute atomic E-state index is 9.58. The lowest BCUT2D eigenvalue weighted by atomic mass is 9.92. The van der Waals surface area contributed by atoms with Gasteiger partial charge in [0, 0.05) is 5.56 Å². The van der Waals surface area contributed by atoms with E-state index in [0.717, 1.165) is 24.2 Å². The van der Waals surface area contributed by atoms with Crippen LogP contribution in [0.4, 0.5) is 0 Å². The number of fused-ring (bicyclic) bond motifs is 1. The topological polar surface area (TPSA) is 29.5 Å². The van der Waals surface area contributed by atoms with E-state index in [4.69, 9.17) is 4.43 Å². The van der Waals surface area contributed by atoms with Gasteiger partial charge in [-0.2, -0.15) is 0 Å². The van der Waals surface area contributed by atoms with Crippen molar-refractivity contribution in [3.63, 3.8) is 0 Å². The van der Waals surface area contributed by atoms with E-state index in [1.807, 2.05) is 0 Å². The van der Waals surface area contributed by atoms with Crippen LogP contribution in [0.25, 0.3) is 6.08 Å². The van der Waals surface area contributed by atoms with E-state index >= 15 is 0 Å². The molecule has 0 unspecified atom stereocenters. The van der Waals surface area contributed by atoms with Crippen molar-refractivity contribution in [2.45, 2.75) is 38.7 Å². The highest BCUT2D eigenvalue weighted by atomic mass is 28.4. The third kappa shape index (κ3) is 3.64. The monoisotopic (exact) mass is 414 g/mol. The van der Waals surface area contributed by atoms with Crippen LogP contribution in [0.2, 0.25) is 5.04 Å². The average molecular weight is 415 g/mol. The molecule has 1 aliphatic carbocycles. The summed E-state index contributed by atoms with van der Waals surface area (Å²) in [6.45, 7) is 7.04. The Balaban J connectivity index is 1.92. The van der Waals surface area contributed by atoms with E-state index in [9.17, 15) is 5.11 Å². The summed E-state index contributed by atoms with van der Waals surface area (Å²) >= 11 is 0. The Morgan fingerprint density at radius 2 is 1.40 bits per heavy atom. The smallest absolute Gasteiger partial charge is 0.319 e. The molecule has 0 amide bonds. The highest BCUT2D eigenvalue weighted by Gasteiger charge is 2.52. The summed E-state index contributed by atoms with van der Waals surface area (Å²) in [5.74, 6) is 0.982. The minimum atomic E-state index is -2.64. The molecule has 1 aliphatic rings. The molecule has 0 fully saturated rings. The van der Waals surface area contributed by atoms with Crippen LogP contribution < -0.4 is 14.8 Å². The van der Waals surface area contributed by atoms with Crippen molar-refractivity contribution in [2.24, 2.45) is 0 Å². The summed E-state index contributed by atoms with van der Waals surface area (Å²) in [5.41, 5.74) is 3.51. The van der Waals surface area contributed by atoms with Crippen molar-refractivity contribution in [1.29, 1.82) is 0 Å². The highest BCUT2D eigenvalue weighted by Crippen LogP contribution is 2.40. The molecule has 3 aromatic rings. The van der Waals surface area contributed by atoms with Crippen LogP contribution in [0.1, 0.15) is 38.3 Å². The van der Waals surface area contributed by atoms with Gasteiger partial charge in [0.05, 0.1) is 6.61 Å². The largest absolute Gasteiger partial charge is 0.534 e. The molecule has 0 aliphatic heterocycles. The van der Waals surface area contributed by atoms with E-state index < -0.39 is 8.32 Å². The Hall–Kier alpha value is -2.62. The maximum Gasteiger partial charge on any atom is 0.319 e. The first kappa shape index (κ1) is 20.6. The van der Waals surface area contributed by atoms with Crippen molar-refractivity contribution in [2.75, 3.05) is 6.61 Å². The fourth-order valence-electron chi connectivity index (χ4n) is 4.60. The minimum absolute atomic E-state index is 0.0702. The third-order valence-electron chi connectivity index (χ3n) is 6.11. The number of hydrogen-bond acceptors (Lipinski definition) is 2. The fourth-order valence-corrected chi connectivity index (χ4v) is 9.05. The molecule has 30 heavy (non-hydrogen) atoms. The molecule has 0 atom stereocenters. The van der Waals surface area contributed by atoms with Crippen molar-refractivity contribution >= 4 is 24.8 Å². The SMILES string of the molecule is CC(C)(C)[Si](Oc1cccc2c1CCC(CO)=C2)(c1ccccc1)c1ccccc1. The van der Waals surface area contributed by atoms with E-state index in [2.05, 4.69) is 106 Å². The molecule has 0 radical (unpaired) electrons. The van der Waals surface area contributed by atoms with Gasteiger partial charge in [-0.15, -0.1) is 0 Å². The second-order valence-electron chi connectivity index (χ2n) is 9.05. The first-order chi connectivity index (χ1) is 14.5. The Morgan fingerprint density at radius 3 is 1.93 bits per heavy atom. The van der Waals surface area contributed by atoms with Gasteiger partial charge in [-0.3, -0.25) is 0 Å². The predicted molar refractivity (Wildman–Crippen MR) is 128 cm³/mol. The van der Waals surface area contributed by atoms with Crippen LogP contribution in [0.15, 0.2) is 84.4 Å². The Morgan fingerprint density at radius 1 is 0.800 bits per heavy atom. The van der Waals surface area contributed by atoms with Gasteiger partial charge in [0.1, 0.15) is 5.75 Å². The summed E-state index contributed by atoms with van der Waals surface area (Å²) in [5, 5.41) is 12.1. The second-order valence-corrected chi connectivity index (χ2v) is 13.3. The molecule has 3 aromatic carbocycles. The lowest BCUT2D eigenvalue weighted by molar-refractivity contribution is 0.327. The zero-order valence-electron chi connectivity index (χ0n) is 18.1. The summed E-state index contributed by atoms with van der Waals surface area (Å²) in [6, 6.07) is 27.8. The molecule has 3 heteroatoms. The Bertz CT molecular complexity index is 994. The molecule has 1 N–H and O–H groups in total. The number of benzene rings is 3. The van der Waals surface area contributed by atoms with E-state index in [1.54, 1.807) is 0 Å². The zero-order valence-corrected chi connectivity index (χ0v) is 19.1. The van der Waals surface area contributed by atoms with Gasteiger partial charge in [-0.1, -0.05) is 99.6 Å². The quantitative estimate of drug-likeness (QED) is 0.599. The first-order valence-corrected chi connectivity index (χ1v) is 12.6. The first-order valence-electron chi connectivity index (χ1n) is 10.7. The van der Waals surface area contributed by atoms with Gasteiger partial charge in [-0.05, 0) is 45.5 Å². The van der Waals surface area contributed by atoms with E-state index in [0.29, 0.717) is 0 Å². The molecule has 2 nitrogen and oxygen atoms in total.